The summed E-state index contributed by atoms with van der Waals surface area (Å²) in [6.45, 7) is 4.37. The molecule has 11 aromatic rings. The van der Waals surface area contributed by atoms with Crippen molar-refractivity contribution < 1.29 is 25.2 Å². The van der Waals surface area contributed by atoms with E-state index in [0.29, 0.717) is 11.5 Å². The van der Waals surface area contributed by atoms with Gasteiger partial charge < -0.3 is 13.5 Å². The van der Waals surface area contributed by atoms with Crippen molar-refractivity contribution in [2.45, 2.75) is 13.8 Å². The molecule has 0 aliphatic carbocycles. The predicted molar refractivity (Wildman–Crippen MR) is 206 cm³/mol. The van der Waals surface area contributed by atoms with Gasteiger partial charge in [0.1, 0.15) is 0 Å². The number of pyridine rings is 3. The summed E-state index contributed by atoms with van der Waals surface area (Å²) < 4.78 is 11.1. The molecule has 0 spiro atoms. The normalized spacial score (nSPS) is 11.9. The van der Waals surface area contributed by atoms with Gasteiger partial charge in [-0.1, -0.05) is 100 Å². The number of aromatic nitrogens is 5. The maximum Gasteiger partial charge on any atom is 2.00 e. The Morgan fingerprint density at radius 1 is 0.538 bits per heavy atom. The van der Waals surface area contributed by atoms with Crippen LogP contribution in [0.1, 0.15) is 11.1 Å². The van der Waals surface area contributed by atoms with Crippen LogP contribution < -0.4 is 4.74 Å². The number of aryl methyl sites for hydroxylation is 2. The van der Waals surface area contributed by atoms with Crippen molar-refractivity contribution in [2.75, 3.05) is 0 Å². The zero-order valence-corrected chi connectivity index (χ0v) is 29.6. The fourth-order valence-corrected chi connectivity index (χ4v) is 8.10. The van der Waals surface area contributed by atoms with Crippen molar-refractivity contribution in [2.24, 2.45) is 0 Å². The van der Waals surface area contributed by atoms with Crippen molar-refractivity contribution in [3.8, 4) is 22.6 Å². The van der Waals surface area contributed by atoms with E-state index >= 15 is 0 Å². The molecule has 0 bridgehead atoms. The van der Waals surface area contributed by atoms with Gasteiger partial charge in [0.25, 0.3) is 0 Å². The van der Waals surface area contributed by atoms with E-state index < -0.39 is 0 Å². The molecule has 0 aliphatic heterocycles. The number of ether oxygens (including phenoxy) is 1. The Labute approximate surface area is 311 Å². The van der Waals surface area contributed by atoms with Crippen LogP contribution >= 0.6 is 0 Å². The Morgan fingerprint density at radius 2 is 1.12 bits per heavy atom. The van der Waals surface area contributed by atoms with Crippen LogP contribution in [0, 0.1) is 26.0 Å². The van der Waals surface area contributed by atoms with Gasteiger partial charge in [-0.05, 0) is 83.3 Å². The molecule has 52 heavy (non-hydrogen) atoms. The largest absolute Gasteiger partial charge is 2.00 e. The molecule has 11 rings (SSSR count). The first-order valence-corrected chi connectivity index (χ1v) is 17.0. The molecule has 6 aromatic carbocycles. The van der Waals surface area contributed by atoms with Crippen molar-refractivity contribution in [1.82, 2.24) is 23.8 Å². The third kappa shape index (κ3) is 4.30. The zero-order chi connectivity index (χ0) is 33.8. The van der Waals surface area contributed by atoms with Crippen LogP contribution in [0.5, 0.6) is 11.5 Å². The standard InChI is InChI=1S/C45H27N5O.Pd/c1-26-9-7-10-27(2)42(26)33-11-8-16-40-43(33)32-20-18-29(24-35(32)45-48-36-12-3-5-14-38(36)49(40)45)51-28-17-19-30-31-21-22-46-25-41(31)50-39-15-6-4-13-37(39)47-44(50)34(30)23-28;/h3-22,25H,1-2H3;/q-2;+2. The third-order valence-electron chi connectivity index (χ3n) is 10.3. The number of hydrogen-bond donors (Lipinski definition) is 0. The second kappa shape index (κ2) is 11.4. The third-order valence-corrected chi connectivity index (χ3v) is 10.3. The average Bonchev–Trinajstić information content (AvgIpc) is 3.75. The number of hydrogen-bond acceptors (Lipinski definition) is 4. The summed E-state index contributed by atoms with van der Waals surface area (Å²) in [5, 5.41) is 6.14. The Morgan fingerprint density at radius 3 is 1.81 bits per heavy atom. The first-order chi connectivity index (χ1) is 25.1. The van der Waals surface area contributed by atoms with Crippen molar-refractivity contribution in [3.63, 3.8) is 0 Å². The number of benzene rings is 6. The molecule has 0 saturated heterocycles. The van der Waals surface area contributed by atoms with E-state index in [0.717, 1.165) is 76.7 Å². The molecule has 5 aromatic heterocycles. The van der Waals surface area contributed by atoms with Crippen molar-refractivity contribution in [3.05, 3.63) is 151 Å². The van der Waals surface area contributed by atoms with E-state index in [2.05, 4.69) is 113 Å². The predicted octanol–water partition coefficient (Wildman–Crippen LogP) is 11.0. The molecular formula is C45H27N5OPd. The fourth-order valence-electron chi connectivity index (χ4n) is 8.10. The number of rotatable bonds is 3. The Bertz CT molecular complexity index is 3250. The molecule has 6 nitrogen and oxygen atoms in total. The minimum atomic E-state index is 0. The summed E-state index contributed by atoms with van der Waals surface area (Å²) in [6, 6.07) is 47.1. The van der Waals surface area contributed by atoms with Crippen molar-refractivity contribution in [1.29, 1.82) is 0 Å². The van der Waals surface area contributed by atoms with Gasteiger partial charge in [-0.2, -0.15) is 0 Å². The second-order valence-corrected chi connectivity index (χ2v) is 13.2. The summed E-state index contributed by atoms with van der Waals surface area (Å²) in [4.78, 5) is 14.6. The molecule has 5 heterocycles. The van der Waals surface area contributed by atoms with Gasteiger partial charge in [-0.3, -0.25) is 15.0 Å². The SMILES string of the molecule is Cc1cccc(C)c1-c1cccc2c1c1ccc(Oc3[c-]c4c(cc3)c3ccncc3n3c5ccccc5nc43)[c-]c1c1nc3ccccc3n21.[Pd+2]. The number of fused-ring (bicyclic) bond motifs is 16. The second-order valence-electron chi connectivity index (χ2n) is 13.2. The summed E-state index contributed by atoms with van der Waals surface area (Å²) in [6.07, 6.45) is 3.73. The van der Waals surface area contributed by atoms with Crippen LogP contribution in [0.4, 0.5) is 0 Å². The van der Waals surface area contributed by atoms with Gasteiger partial charge in [0.05, 0.1) is 38.9 Å². The summed E-state index contributed by atoms with van der Waals surface area (Å²) >= 11 is 0. The monoisotopic (exact) mass is 759 g/mol. The van der Waals surface area contributed by atoms with Crippen LogP contribution in [0.2, 0.25) is 0 Å². The number of para-hydroxylation sites is 4. The van der Waals surface area contributed by atoms with Gasteiger partial charge in [-0.15, -0.1) is 12.1 Å². The average molecular weight is 760 g/mol. The van der Waals surface area contributed by atoms with E-state index in [4.69, 9.17) is 14.7 Å². The molecule has 0 radical (unpaired) electrons. The molecule has 0 aliphatic rings. The summed E-state index contributed by atoms with van der Waals surface area (Å²) in [5.41, 5.74) is 12.6. The molecule has 248 valence electrons. The minimum Gasteiger partial charge on any atom is -0.497 e. The molecular weight excluding hydrogens is 733 g/mol. The molecule has 0 saturated carbocycles. The van der Waals surface area contributed by atoms with E-state index in [-0.39, 0.29) is 20.4 Å². The van der Waals surface area contributed by atoms with E-state index in [1.165, 1.54) is 22.3 Å². The Balaban J connectivity index is 0.00000338. The topological polar surface area (TPSA) is 56.7 Å². The smallest absolute Gasteiger partial charge is 0.497 e. The fraction of sp³-hybridized carbons (Fsp3) is 0.0444. The maximum absolute atomic E-state index is 6.62. The van der Waals surface area contributed by atoms with Crippen LogP contribution in [0.15, 0.2) is 128 Å². The van der Waals surface area contributed by atoms with Crippen LogP contribution in [-0.4, -0.2) is 23.8 Å². The van der Waals surface area contributed by atoms with E-state index in [1.54, 1.807) is 0 Å². The number of imidazole rings is 2. The van der Waals surface area contributed by atoms with Crippen LogP contribution in [-0.2, 0) is 20.4 Å². The van der Waals surface area contributed by atoms with Gasteiger partial charge in [0.15, 0.2) is 0 Å². The molecule has 0 fully saturated rings. The van der Waals surface area contributed by atoms with Crippen molar-refractivity contribution >= 4 is 76.7 Å². The van der Waals surface area contributed by atoms with Gasteiger partial charge >= 0.3 is 20.4 Å². The van der Waals surface area contributed by atoms with Crippen LogP contribution in [0.3, 0.4) is 0 Å². The Kier molecular flexibility index (Phi) is 6.75. The van der Waals surface area contributed by atoms with E-state index in [1.807, 2.05) is 54.9 Å². The Hall–Kier alpha value is -6.13. The molecule has 0 unspecified atom stereocenters. The molecule has 7 heteroatoms. The van der Waals surface area contributed by atoms with Gasteiger partial charge in [0, 0.05) is 29.4 Å². The molecule has 0 N–H and O–H groups in total. The quantitative estimate of drug-likeness (QED) is 0.102. The van der Waals surface area contributed by atoms with Gasteiger partial charge in [-0.25, -0.2) is 0 Å². The number of nitrogens with zero attached hydrogens (tertiary/aromatic N) is 5. The van der Waals surface area contributed by atoms with E-state index in [9.17, 15) is 0 Å². The first kappa shape index (κ1) is 30.7. The minimum absolute atomic E-state index is 0. The first-order valence-electron chi connectivity index (χ1n) is 17.0. The zero-order valence-electron chi connectivity index (χ0n) is 28.1. The maximum atomic E-state index is 6.62. The van der Waals surface area contributed by atoms with Crippen LogP contribution in [0.25, 0.3) is 87.8 Å². The summed E-state index contributed by atoms with van der Waals surface area (Å²) in [5.74, 6) is 1.17. The van der Waals surface area contributed by atoms with Gasteiger partial charge in [0.2, 0.25) is 0 Å². The summed E-state index contributed by atoms with van der Waals surface area (Å²) in [7, 11) is 0. The molecule has 0 amide bonds. The molecule has 0 atom stereocenters.